The summed E-state index contributed by atoms with van der Waals surface area (Å²) in [5, 5.41) is 11.2. The lowest BCUT2D eigenvalue weighted by Gasteiger charge is -2.05. The summed E-state index contributed by atoms with van der Waals surface area (Å²) in [5.74, 6) is 0.248. The molecule has 150 valence electrons. The van der Waals surface area contributed by atoms with E-state index >= 15 is 0 Å². The average Bonchev–Trinajstić information content (AvgIpc) is 3.09. The third-order valence-electron chi connectivity index (χ3n) is 4.19. The molecule has 2 aromatic carbocycles. The van der Waals surface area contributed by atoms with E-state index in [2.05, 4.69) is 11.9 Å². The van der Waals surface area contributed by atoms with E-state index in [0.717, 1.165) is 24.2 Å². The third kappa shape index (κ3) is 4.78. The molecule has 1 aliphatic heterocycles. The zero-order valence-electron chi connectivity index (χ0n) is 16.1. The number of cyclic esters (lactones) is 1. The molecule has 0 atom stereocenters. The summed E-state index contributed by atoms with van der Waals surface area (Å²) in [7, 11) is 1.34. The highest BCUT2D eigenvalue weighted by Gasteiger charge is 2.26. The highest BCUT2D eigenvalue weighted by atomic mass is 16.6. The van der Waals surface area contributed by atoms with Crippen molar-refractivity contribution in [2.24, 2.45) is 4.99 Å². The van der Waals surface area contributed by atoms with E-state index in [-0.39, 0.29) is 23.0 Å². The lowest BCUT2D eigenvalue weighted by Crippen LogP contribution is -2.06. The van der Waals surface area contributed by atoms with E-state index in [4.69, 9.17) is 14.2 Å². The van der Waals surface area contributed by atoms with Crippen LogP contribution in [0.25, 0.3) is 6.08 Å². The minimum atomic E-state index is -0.623. The Labute approximate surface area is 167 Å². The number of benzene rings is 2. The van der Waals surface area contributed by atoms with Crippen molar-refractivity contribution in [3.63, 3.8) is 0 Å². The fraction of sp³-hybridized carbons (Fsp3) is 0.238. The van der Waals surface area contributed by atoms with Crippen LogP contribution in [0.15, 0.2) is 53.2 Å². The molecule has 2 aromatic rings. The highest BCUT2D eigenvalue weighted by Crippen LogP contribution is 2.29. The Morgan fingerprint density at radius 2 is 1.97 bits per heavy atom. The van der Waals surface area contributed by atoms with E-state index in [0.29, 0.717) is 12.2 Å². The summed E-state index contributed by atoms with van der Waals surface area (Å²) in [4.78, 5) is 27.0. The number of ether oxygens (including phenoxy) is 3. The number of nitrogens with zero attached hydrogens (tertiary/aromatic N) is 2. The molecule has 0 amide bonds. The predicted molar refractivity (Wildman–Crippen MR) is 107 cm³/mol. The molecule has 8 heteroatoms. The number of nitro benzene ring substituents is 1. The monoisotopic (exact) mass is 396 g/mol. The molecule has 29 heavy (non-hydrogen) atoms. The number of carbonyl (C=O) groups excluding carboxylic acids is 1. The number of carbonyl (C=O) groups is 1. The van der Waals surface area contributed by atoms with E-state index in [1.54, 1.807) is 12.1 Å². The Morgan fingerprint density at radius 3 is 2.62 bits per heavy atom. The van der Waals surface area contributed by atoms with E-state index in [1.807, 2.05) is 24.3 Å². The molecular formula is C21H20N2O6. The molecule has 8 nitrogen and oxygen atoms in total. The van der Waals surface area contributed by atoms with Gasteiger partial charge in [-0.25, -0.2) is 9.79 Å². The van der Waals surface area contributed by atoms with Gasteiger partial charge in [-0.3, -0.25) is 10.1 Å². The lowest BCUT2D eigenvalue weighted by molar-refractivity contribution is -0.385. The van der Waals surface area contributed by atoms with Crippen LogP contribution in [-0.2, 0) is 9.53 Å². The molecule has 0 saturated carbocycles. The van der Waals surface area contributed by atoms with Crippen molar-refractivity contribution >= 4 is 23.6 Å². The van der Waals surface area contributed by atoms with Crippen molar-refractivity contribution in [1.82, 2.24) is 0 Å². The maximum atomic E-state index is 12.2. The fourth-order valence-electron chi connectivity index (χ4n) is 2.65. The van der Waals surface area contributed by atoms with Crippen molar-refractivity contribution in [2.75, 3.05) is 13.7 Å². The summed E-state index contributed by atoms with van der Waals surface area (Å²) in [6.07, 6.45) is 3.63. The number of unbranched alkanes of at least 4 members (excludes halogenated alkanes) is 1. The fourth-order valence-corrected chi connectivity index (χ4v) is 2.65. The van der Waals surface area contributed by atoms with Gasteiger partial charge in [0.25, 0.3) is 0 Å². The summed E-state index contributed by atoms with van der Waals surface area (Å²) in [5.41, 5.74) is 0.942. The number of aliphatic imine (C=N–C) groups is 1. The van der Waals surface area contributed by atoms with Crippen LogP contribution < -0.4 is 9.47 Å². The summed E-state index contributed by atoms with van der Waals surface area (Å²) < 4.78 is 15.8. The maximum absolute atomic E-state index is 12.2. The van der Waals surface area contributed by atoms with Crippen molar-refractivity contribution < 1.29 is 23.9 Å². The lowest BCUT2D eigenvalue weighted by atomic mass is 10.2. The Kier molecular flexibility index (Phi) is 6.23. The summed E-state index contributed by atoms with van der Waals surface area (Å²) in [6, 6.07) is 11.5. The molecule has 0 aromatic heterocycles. The second-order valence-corrected chi connectivity index (χ2v) is 6.25. The zero-order valence-corrected chi connectivity index (χ0v) is 16.1. The van der Waals surface area contributed by atoms with Gasteiger partial charge < -0.3 is 14.2 Å². The van der Waals surface area contributed by atoms with E-state index < -0.39 is 10.9 Å². The van der Waals surface area contributed by atoms with Crippen molar-refractivity contribution in [1.29, 1.82) is 0 Å². The van der Waals surface area contributed by atoms with Crippen LogP contribution in [0.2, 0.25) is 0 Å². The number of rotatable bonds is 8. The number of methoxy groups -OCH3 is 1. The van der Waals surface area contributed by atoms with Crippen LogP contribution in [0.4, 0.5) is 5.69 Å². The van der Waals surface area contributed by atoms with Gasteiger partial charge in [-0.1, -0.05) is 25.5 Å². The Hall–Kier alpha value is -3.68. The molecule has 0 radical (unpaired) electrons. The van der Waals surface area contributed by atoms with Crippen LogP contribution in [0.5, 0.6) is 11.5 Å². The van der Waals surface area contributed by atoms with Crippen LogP contribution >= 0.6 is 0 Å². The largest absolute Gasteiger partial charge is 0.494 e. The molecular weight excluding hydrogens is 376 g/mol. The quantitative estimate of drug-likeness (QED) is 0.219. The first-order valence-electron chi connectivity index (χ1n) is 9.10. The molecule has 0 unspecified atom stereocenters. The topological polar surface area (TPSA) is 100 Å². The first-order chi connectivity index (χ1) is 14.0. The molecule has 1 heterocycles. The molecule has 3 rings (SSSR count). The van der Waals surface area contributed by atoms with Gasteiger partial charge in [-0.2, -0.15) is 0 Å². The summed E-state index contributed by atoms with van der Waals surface area (Å²) >= 11 is 0. The SMILES string of the molecule is CCCCOc1ccc(/C=C2\N=C(c3ccc(OC)c([N+](=O)[O-])c3)OC2=O)cc1. The van der Waals surface area contributed by atoms with Gasteiger partial charge in [-0.05, 0) is 42.3 Å². The maximum Gasteiger partial charge on any atom is 0.363 e. The Morgan fingerprint density at radius 1 is 1.21 bits per heavy atom. The van der Waals surface area contributed by atoms with Crippen LogP contribution in [0.3, 0.4) is 0 Å². The van der Waals surface area contributed by atoms with Crippen molar-refractivity contribution in [2.45, 2.75) is 19.8 Å². The number of esters is 1. The van der Waals surface area contributed by atoms with Crippen molar-refractivity contribution in [3.8, 4) is 11.5 Å². The minimum Gasteiger partial charge on any atom is -0.494 e. The van der Waals surface area contributed by atoms with Crippen LogP contribution in [-0.4, -0.2) is 30.5 Å². The second kappa shape index (κ2) is 9.01. The molecule has 1 aliphatic rings. The van der Waals surface area contributed by atoms with Gasteiger partial charge in [0.05, 0.1) is 18.6 Å². The number of hydrogen-bond donors (Lipinski definition) is 0. The minimum absolute atomic E-state index is 0.00604. The Balaban J connectivity index is 1.81. The number of hydrogen-bond acceptors (Lipinski definition) is 7. The molecule has 0 N–H and O–H groups in total. The molecule has 0 saturated heterocycles. The van der Waals surface area contributed by atoms with E-state index in [9.17, 15) is 14.9 Å². The molecule has 0 fully saturated rings. The second-order valence-electron chi connectivity index (χ2n) is 6.25. The van der Waals surface area contributed by atoms with Crippen molar-refractivity contribution in [3.05, 3.63) is 69.4 Å². The smallest absolute Gasteiger partial charge is 0.363 e. The van der Waals surface area contributed by atoms with Gasteiger partial charge in [-0.15, -0.1) is 0 Å². The number of nitro groups is 1. The third-order valence-corrected chi connectivity index (χ3v) is 4.19. The van der Waals surface area contributed by atoms with Gasteiger partial charge in [0.1, 0.15) is 5.75 Å². The first-order valence-corrected chi connectivity index (χ1v) is 9.10. The van der Waals surface area contributed by atoms with Gasteiger partial charge in [0, 0.05) is 11.6 Å². The van der Waals surface area contributed by atoms with Gasteiger partial charge >= 0.3 is 11.7 Å². The molecule has 0 aliphatic carbocycles. The Bertz CT molecular complexity index is 979. The molecule has 0 bridgehead atoms. The van der Waals surface area contributed by atoms with E-state index in [1.165, 1.54) is 19.2 Å². The highest BCUT2D eigenvalue weighted by molar-refractivity contribution is 6.13. The molecule has 0 spiro atoms. The first kappa shape index (κ1) is 20.1. The predicted octanol–water partition coefficient (Wildman–Crippen LogP) is 4.13. The standard InChI is InChI=1S/C21H20N2O6/c1-3-4-11-28-16-8-5-14(6-9-16)12-17-21(24)29-20(22-17)15-7-10-19(27-2)18(13-15)23(25)26/h5-10,12-13H,3-4,11H2,1-2H3/b17-12-. The average molecular weight is 396 g/mol. The zero-order chi connectivity index (χ0) is 20.8. The van der Waals surface area contributed by atoms with Crippen LogP contribution in [0.1, 0.15) is 30.9 Å². The van der Waals surface area contributed by atoms with Gasteiger partial charge in [0.15, 0.2) is 11.4 Å². The van der Waals surface area contributed by atoms with Crippen LogP contribution in [0, 0.1) is 10.1 Å². The van der Waals surface area contributed by atoms with Gasteiger partial charge in [0.2, 0.25) is 5.90 Å². The summed E-state index contributed by atoms with van der Waals surface area (Å²) in [6.45, 7) is 2.75. The normalized spacial score (nSPS) is 14.5.